The van der Waals surface area contributed by atoms with Gasteiger partial charge in [0.2, 0.25) is 11.8 Å². The summed E-state index contributed by atoms with van der Waals surface area (Å²) in [6.07, 6.45) is 0.215. The lowest BCUT2D eigenvalue weighted by Gasteiger charge is -2.16. The number of benzene rings is 2. The number of aromatic nitrogens is 1. The Kier molecular flexibility index (Phi) is 6.18. The van der Waals surface area contributed by atoms with Crippen LogP contribution in [-0.4, -0.2) is 42.5 Å². The van der Waals surface area contributed by atoms with Crippen molar-refractivity contribution in [3.8, 4) is 22.8 Å². The molecular formula is C23H23N3O4S. The van der Waals surface area contributed by atoms with Crippen molar-refractivity contribution in [3.63, 3.8) is 0 Å². The molecule has 160 valence electrons. The molecule has 1 fully saturated rings. The van der Waals surface area contributed by atoms with Crippen LogP contribution in [0.4, 0.5) is 5.13 Å². The smallest absolute Gasteiger partial charge is 0.231 e. The molecule has 3 aromatic rings. The Hall–Kier alpha value is -3.39. The first-order chi connectivity index (χ1) is 15.1. The maximum absolute atomic E-state index is 12.7. The minimum absolute atomic E-state index is 0.00541. The molecule has 1 aromatic heterocycles. The standard InChI is InChI=1S/C23H23N3O4S/c1-29-19-9-8-16(10-20(19)30-2)18-14-31-23(24-18)25-22(28)17-11-21(27)26(13-17)12-15-6-4-3-5-7-15/h3-10,14,17H,11-13H2,1-2H3,(H,24,25,28)/t17-/m0/s1. The topological polar surface area (TPSA) is 80.8 Å². The number of hydrogen-bond acceptors (Lipinski definition) is 6. The van der Waals surface area contributed by atoms with Gasteiger partial charge in [-0.05, 0) is 23.8 Å². The molecule has 8 heteroatoms. The van der Waals surface area contributed by atoms with Gasteiger partial charge in [-0.3, -0.25) is 9.59 Å². The molecule has 2 heterocycles. The molecule has 4 rings (SSSR count). The summed E-state index contributed by atoms with van der Waals surface area (Å²) in [6, 6.07) is 15.3. The monoisotopic (exact) mass is 437 g/mol. The van der Waals surface area contributed by atoms with Crippen molar-refractivity contribution < 1.29 is 19.1 Å². The highest BCUT2D eigenvalue weighted by Crippen LogP contribution is 2.33. The molecule has 2 amide bonds. The molecule has 1 saturated heterocycles. The average molecular weight is 438 g/mol. The highest BCUT2D eigenvalue weighted by molar-refractivity contribution is 7.14. The first-order valence-electron chi connectivity index (χ1n) is 9.88. The molecular weight excluding hydrogens is 414 g/mol. The van der Waals surface area contributed by atoms with E-state index in [1.165, 1.54) is 11.3 Å². The number of nitrogens with one attached hydrogen (secondary N) is 1. The summed E-state index contributed by atoms with van der Waals surface area (Å²) in [5.41, 5.74) is 2.64. The van der Waals surface area contributed by atoms with Gasteiger partial charge in [-0.15, -0.1) is 11.3 Å². The van der Waals surface area contributed by atoms with E-state index in [1.54, 1.807) is 19.1 Å². The zero-order valence-electron chi connectivity index (χ0n) is 17.3. The Balaban J connectivity index is 1.40. The minimum atomic E-state index is -0.385. The number of methoxy groups -OCH3 is 2. The fraction of sp³-hybridized carbons (Fsp3) is 0.261. The Labute approximate surface area is 184 Å². The first-order valence-corrected chi connectivity index (χ1v) is 10.8. The summed E-state index contributed by atoms with van der Waals surface area (Å²) < 4.78 is 10.6. The average Bonchev–Trinajstić information content (AvgIpc) is 3.41. The van der Waals surface area contributed by atoms with Crippen molar-refractivity contribution in [1.29, 1.82) is 0 Å². The molecule has 0 bridgehead atoms. The Morgan fingerprint density at radius 1 is 1.16 bits per heavy atom. The molecule has 2 aromatic carbocycles. The largest absolute Gasteiger partial charge is 0.493 e. The molecule has 0 saturated carbocycles. The van der Waals surface area contributed by atoms with E-state index in [-0.39, 0.29) is 24.2 Å². The summed E-state index contributed by atoms with van der Waals surface area (Å²) in [6.45, 7) is 0.928. The van der Waals surface area contributed by atoms with Gasteiger partial charge in [0, 0.05) is 30.5 Å². The number of hydrogen-bond donors (Lipinski definition) is 1. The van der Waals surface area contributed by atoms with Gasteiger partial charge in [-0.1, -0.05) is 30.3 Å². The van der Waals surface area contributed by atoms with Gasteiger partial charge in [0.05, 0.1) is 25.8 Å². The second-order valence-corrected chi connectivity index (χ2v) is 8.12. The van der Waals surface area contributed by atoms with Crippen LogP contribution in [-0.2, 0) is 16.1 Å². The van der Waals surface area contributed by atoms with Crippen LogP contribution in [0.1, 0.15) is 12.0 Å². The lowest BCUT2D eigenvalue weighted by atomic mass is 10.1. The van der Waals surface area contributed by atoms with Gasteiger partial charge in [0.1, 0.15) is 0 Å². The van der Waals surface area contributed by atoms with Crippen molar-refractivity contribution >= 4 is 28.3 Å². The molecule has 1 aliphatic rings. The summed E-state index contributed by atoms with van der Waals surface area (Å²) >= 11 is 1.35. The van der Waals surface area contributed by atoms with Crippen LogP contribution in [0, 0.1) is 5.92 Å². The molecule has 1 N–H and O–H groups in total. The van der Waals surface area contributed by atoms with E-state index >= 15 is 0 Å². The maximum Gasteiger partial charge on any atom is 0.231 e. The number of amides is 2. The van der Waals surface area contributed by atoms with Gasteiger partial charge in [-0.2, -0.15) is 0 Å². The predicted octanol–water partition coefficient (Wildman–Crippen LogP) is 3.81. The van der Waals surface area contributed by atoms with Crippen molar-refractivity contribution in [2.45, 2.75) is 13.0 Å². The molecule has 0 spiro atoms. The Bertz CT molecular complexity index is 1080. The molecule has 0 radical (unpaired) electrons. The van der Waals surface area contributed by atoms with E-state index < -0.39 is 0 Å². The number of thiazole rings is 1. The highest BCUT2D eigenvalue weighted by Gasteiger charge is 2.34. The van der Waals surface area contributed by atoms with Crippen LogP contribution in [0.25, 0.3) is 11.3 Å². The number of anilines is 1. The third kappa shape index (κ3) is 4.69. The van der Waals surface area contributed by atoms with Gasteiger partial charge in [0.25, 0.3) is 0 Å². The highest BCUT2D eigenvalue weighted by atomic mass is 32.1. The number of rotatable bonds is 7. The molecule has 1 aliphatic heterocycles. The molecule has 1 atom stereocenters. The van der Waals surface area contributed by atoms with Crippen LogP contribution >= 0.6 is 11.3 Å². The van der Waals surface area contributed by atoms with Crippen LogP contribution in [0.3, 0.4) is 0 Å². The van der Waals surface area contributed by atoms with E-state index in [9.17, 15) is 9.59 Å². The van der Waals surface area contributed by atoms with Crippen molar-refractivity contribution in [1.82, 2.24) is 9.88 Å². The van der Waals surface area contributed by atoms with Crippen molar-refractivity contribution in [2.75, 3.05) is 26.1 Å². The zero-order chi connectivity index (χ0) is 21.8. The molecule has 7 nitrogen and oxygen atoms in total. The molecule has 0 aliphatic carbocycles. The van der Waals surface area contributed by atoms with E-state index in [0.29, 0.717) is 29.7 Å². The number of ether oxygens (including phenoxy) is 2. The first kappa shape index (κ1) is 20.9. The summed E-state index contributed by atoms with van der Waals surface area (Å²) in [7, 11) is 3.17. The van der Waals surface area contributed by atoms with Crippen LogP contribution < -0.4 is 14.8 Å². The maximum atomic E-state index is 12.7. The van der Waals surface area contributed by atoms with E-state index in [1.807, 2.05) is 53.9 Å². The number of likely N-dealkylation sites (tertiary alicyclic amines) is 1. The fourth-order valence-electron chi connectivity index (χ4n) is 3.57. The Morgan fingerprint density at radius 2 is 1.94 bits per heavy atom. The minimum Gasteiger partial charge on any atom is -0.493 e. The van der Waals surface area contributed by atoms with E-state index in [2.05, 4.69) is 10.3 Å². The number of nitrogens with zero attached hydrogens (tertiary/aromatic N) is 2. The SMILES string of the molecule is COc1ccc(-c2csc(NC(=O)[C@H]3CC(=O)N(Cc4ccccc4)C3)n2)cc1OC. The van der Waals surface area contributed by atoms with Gasteiger partial charge >= 0.3 is 0 Å². The summed E-state index contributed by atoms with van der Waals surface area (Å²) in [5.74, 6) is 0.679. The quantitative estimate of drug-likeness (QED) is 0.608. The van der Waals surface area contributed by atoms with Crippen molar-refractivity contribution in [2.24, 2.45) is 5.92 Å². The molecule has 31 heavy (non-hydrogen) atoms. The zero-order valence-corrected chi connectivity index (χ0v) is 18.1. The lowest BCUT2D eigenvalue weighted by Crippen LogP contribution is -2.28. The molecule has 0 unspecified atom stereocenters. The van der Waals surface area contributed by atoms with Crippen LogP contribution in [0.5, 0.6) is 11.5 Å². The second-order valence-electron chi connectivity index (χ2n) is 7.26. The van der Waals surface area contributed by atoms with Crippen LogP contribution in [0.2, 0.25) is 0 Å². The number of carbonyl (C=O) groups excluding carboxylic acids is 2. The van der Waals surface area contributed by atoms with Crippen LogP contribution in [0.15, 0.2) is 53.9 Å². The van der Waals surface area contributed by atoms with Gasteiger partial charge in [0.15, 0.2) is 16.6 Å². The van der Waals surface area contributed by atoms with Gasteiger partial charge < -0.3 is 19.7 Å². The third-order valence-corrected chi connectivity index (χ3v) is 5.97. The fourth-order valence-corrected chi connectivity index (χ4v) is 4.29. The Morgan fingerprint density at radius 3 is 2.68 bits per heavy atom. The summed E-state index contributed by atoms with van der Waals surface area (Å²) in [5, 5.41) is 5.24. The second kappa shape index (κ2) is 9.18. The number of carbonyl (C=O) groups is 2. The predicted molar refractivity (Wildman–Crippen MR) is 119 cm³/mol. The van der Waals surface area contributed by atoms with Crippen molar-refractivity contribution in [3.05, 3.63) is 59.5 Å². The third-order valence-electron chi connectivity index (χ3n) is 5.22. The summed E-state index contributed by atoms with van der Waals surface area (Å²) in [4.78, 5) is 31.3. The normalized spacial score (nSPS) is 15.7. The lowest BCUT2D eigenvalue weighted by molar-refractivity contribution is -0.128. The van der Waals surface area contributed by atoms with E-state index in [0.717, 1.165) is 16.8 Å². The van der Waals surface area contributed by atoms with E-state index in [4.69, 9.17) is 9.47 Å². The van der Waals surface area contributed by atoms with Gasteiger partial charge in [-0.25, -0.2) is 4.98 Å².